The molecule has 2 amide bonds. The number of hydrogen-bond donors (Lipinski definition) is 2. The van der Waals surface area contributed by atoms with Gasteiger partial charge < -0.3 is 15.3 Å². The van der Waals surface area contributed by atoms with Gasteiger partial charge in [-0.2, -0.15) is 0 Å². The molecule has 1 aromatic rings. The first-order valence-corrected chi connectivity index (χ1v) is 8.32. The standard InChI is InChI=1S/C15H19FN2O3S/c1-22-13-4-2-3-12(16)11(13)9-17-15(21)18-7-5-10(6-8-18)14(19)20/h2-4,10H,5-9H2,1H3,(H,17,21)(H,19,20). The van der Waals surface area contributed by atoms with E-state index in [0.29, 0.717) is 31.5 Å². The van der Waals surface area contributed by atoms with Crippen LogP contribution < -0.4 is 5.32 Å². The largest absolute Gasteiger partial charge is 0.481 e. The summed E-state index contributed by atoms with van der Waals surface area (Å²) in [6.07, 6.45) is 2.77. The number of carboxylic acid groups (broad SMARTS) is 1. The molecule has 1 heterocycles. The molecule has 1 saturated heterocycles. The Morgan fingerprint density at radius 1 is 1.41 bits per heavy atom. The molecular weight excluding hydrogens is 307 g/mol. The van der Waals surface area contributed by atoms with Crippen LogP contribution in [0.5, 0.6) is 0 Å². The predicted octanol–water partition coefficient (Wildman–Crippen LogP) is 2.55. The fourth-order valence-electron chi connectivity index (χ4n) is 2.51. The third kappa shape index (κ3) is 3.91. The van der Waals surface area contributed by atoms with Gasteiger partial charge in [0.25, 0.3) is 0 Å². The number of hydrogen-bond acceptors (Lipinski definition) is 3. The normalized spacial score (nSPS) is 15.6. The second-order valence-electron chi connectivity index (χ2n) is 5.18. The van der Waals surface area contributed by atoms with Gasteiger partial charge >= 0.3 is 12.0 Å². The molecule has 2 rings (SSSR count). The van der Waals surface area contributed by atoms with Gasteiger partial charge in [0.2, 0.25) is 0 Å². The van der Waals surface area contributed by atoms with Crippen LogP contribution >= 0.6 is 11.8 Å². The summed E-state index contributed by atoms with van der Waals surface area (Å²) < 4.78 is 13.8. The van der Waals surface area contributed by atoms with E-state index < -0.39 is 5.97 Å². The molecule has 0 radical (unpaired) electrons. The average molecular weight is 326 g/mol. The molecule has 0 aromatic heterocycles. The van der Waals surface area contributed by atoms with Crippen LogP contribution in [0.4, 0.5) is 9.18 Å². The fraction of sp³-hybridized carbons (Fsp3) is 0.467. The maximum Gasteiger partial charge on any atom is 0.317 e. The first-order chi connectivity index (χ1) is 10.5. The summed E-state index contributed by atoms with van der Waals surface area (Å²) in [5.41, 5.74) is 0.476. The average Bonchev–Trinajstić information content (AvgIpc) is 2.53. The lowest BCUT2D eigenvalue weighted by atomic mass is 9.97. The van der Waals surface area contributed by atoms with Crippen LogP contribution in [0.2, 0.25) is 0 Å². The van der Waals surface area contributed by atoms with E-state index in [4.69, 9.17) is 5.11 Å². The number of thioether (sulfide) groups is 1. The van der Waals surface area contributed by atoms with E-state index in [1.807, 2.05) is 12.3 Å². The van der Waals surface area contributed by atoms with Gasteiger partial charge in [-0.05, 0) is 31.2 Å². The minimum absolute atomic E-state index is 0.126. The van der Waals surface area contributed by atoms with Crippen molar-refractivity contribution in [3.05, 3.63) is 29.6 Å². The number of urea groups is 1. The minimum Gasteiger partial charge on any atom is -0.481 e. The van der Waals surface area contributed by atoms with E-state index in [1.165, 1.54) is 17.8 Å². The number of nitrogens with zero attached hydrogens (tertiary/aromatic N) is 1. The van der Waals surface area contributed by atoms with Crippen molar-refractivity contribution >= 4 is 23.8 Å². The van der Waals surface area contributed by atoms with Crippen molar-refractivity contribution in [3.63, 3.8) is 0 Å². The monoisotopic (exact) mass is 326 g/mol. The van der Waals surface area contributed by atoms with Gasteiger partial charge in [0.05, 0.1) is 5.92 Å². The number of nitrogens with one attached hydrogen (secondary N) is 1. The number of aliphatic carboxylic acids is 1. The summed E-state index contributed by atoms with van der Waals surface area (Å²) in [4.78, 5) is 25.4. The van der Waals surface area contributed by atoms with Crippen LogP contribution in [0.1, 0.15) is 18.4 Å². The Labute approximate surface area is 132 Å². The van der Waals surface area contributed by atoms with Gasteiger partial charge in [-0.15, -0.1) is 11.8 Å². The molecule has 5 nitrogen and oxygen atoms in total. The van der Waals surface area contributed by atoms with E-state index in [1.54, 1.807) is 11.0 Å². The van der Waals surface area contributed by atoms with E-state index in [-0.39, 0.29) is 24.3 Å². The summed E-state index contributed by atoms with van der Waals surface area (Å²) >= 11 is 1.43. The second-order valence-corrected chi connectivity index (χ2v) is 6.03. The molecule has 0 saturated carbocycles. The maximum absolute atomic E-state index is 13.8. The summed E-state index contributed by atoms with van der Waals surface area (Å²) in [5, 5.41) is 11.7. The Morgan fingerprint density at radius 2 is 2.09 bits per heavy atom. The zero-order chi connectivity index (χ0) is 16.1. The van der Waals surface area contributed by atoms with Crippen LogP contribution in [0.3, 0.4) is 0 Å². The van der Waals surface area contributed by atoms with Gasteiger partial charge in [-0.1, -0.05) is 6.07 Å². The number of carboxylic acids is 1. The molecule has 0 unspecified atom stereocenters. The molecule has 1 aromatic carbocycles. The molecule has 1 aliphatic heterocycles. The molecule has 22 heavy (non-hydrogen) atoms. The first kappa shape index (κ1) is 16.6. The Balaban J connectivity index is 1.90. The number of benzene rings is 1. The zero-order valence-corrected chi connectivity index (χ0v) is 13.2. The molecule has 0 aliphatic carbocycles. The lowest BCUT2D eigenvalue weighted by Crippen LogP contribution is -2.45. The van der Waals surface area contributed by atoms with E-state index in [2.05, 4.69) is 5.32 Å². The molecular formula is C15H19FN2O3S. The third-order valence-electron chi connectivity index (χ3n) is 3.84. The highest BCUT2D eigenvalue weighted by molar-refractivity contribution is 7.98. The highest BCUT2D eigenvalue weighted by Gasteiger charge is 2.26. The fourth-order valence-corrected chi connectivity index (χ4v) is 3.14. The van der Waals surface area contributed by atoms with Crippen LogP contribution in [-0.4, -0.2) is 41.4 Å². The van der Waals surface area contributed by atoms with Crippen molar-refractivity contribution in [1.29, 1.82) is 0 Å². The molecule has 1 fully saturated rings. The summed E-state index contributed by atoms with van der Waals surface area (Å²) in [6.45, 7) is 0.950. The molecule has 0 bridgehead atoms. The molecule has 0 atom stereocenters. The highest BCUT2D eigenvalue weighted by atomic mass is 32.2. The summed E-state index contributed by atoms with van der Waals surface area (Å²) in [7, 11) is 0. The SMILES string of the molecule is CSc1cccc(F)c1CNC(=O)N1CCC(C(=O)O)CC1. The van der Waals surface area contributed by atoms with Gasteiger partial charge in [-0.3, -0.25) is 4.79 Å². The number of halogens is 1. The molecule has 1 aliphatic rings. The maximum atomic E-state index is 13.8. The Morgan fingerprint density at radius 3 is 2.68 bits per heavy atom. The minimum atomic E-state index is -0.809. The smallest absolute Gasteiger partial charge is 0.317 e. The number of rotatable bonds is 4. The number of amides is 2. The van der Waals surface area contributed by atoms with Gasteiger partial charge in [0, 0.05) is 30.1 Å². The van der Waals surface area contributed by atoms with Crippen molar-refractivity contribution in [1.82, 2.24) is 10.2 Å². The van der Waals surface area contributed by atoms with E-state index in [9.17, 15) is 14.0 Å². The summed E-state index contributed by atoms with van der Waals surface area (Å²) in [5.74, 6) is -1.52. The third-order valence-corrected chi connectivity index (χ3v) is 4.67. The number of carbonyl (C=O) groups is 2. The predicted molar refractivity (Wildman–Crippen MR) is 82.3 cm³/mol. The van der Waals surface area contributed by atoms with Crippen molar-refractivity contribution < 1.29 is 19.1 Å². The van der Waals surface area contributed by atoms with Crippen molar-refractivity contribution in [2.45, 2.75) is 24.3 Å². The molecule has 7 heteroatoms. The van der Waals surface area contributed by atoms with Crippen LogP contribution in [-0.2, 0) is 11.3 Å². The van der Waals surface area contributed by atoms with Gasteiger partial charge in [0.1, 0.15) is 5.82 Å². The Bertz CT molecular complexity index is 560. The second kappa shape index (κ2) is 7.49. The molecule has 120 valence electrons. The number of carbonyl (C=O) groups excluding carboxylic acids is 1. The van der Waals surface area contributed by atoms with Gasteiger partial charge in [-0.25, -0.2) is 9.18 Å². The Hall–Kier alpha value is -1.76. The number of likely N-dealkylation sites (tertiary alicyclic amines) is 1. The van der Waals surface area contributed by atoms with Crippen LogP contribution in [0.25, 0.3) is 0 Å². The van der Waals surface area contributed by atoms with Crippen molar-refractivity contribution in [2.24, 2.45) is 5.92 Å². The van der Waals surface area contributed by atoms with Crippen LogP contribution in [0.15, 0.2) is 23.1 Å². The van der Waals surface area contributed by atoms with E-state index >= 15 is 0 Å². The van der Waals surface area contributed by atoms with Crippen molar-refractivity contribution in [3.8, 4) is 0 Å². The van der Waals surface area contributed by atoms with Crippen LogP contribution in [0, 0.1) is 11.7 Å². The van der Waals surface area contributed by atoms with Gasteiger partial charge in [0.15, 0.2) is 0 Å². The Kier molecular flexibility index (Phi) is 5.65. The molecule has 0 spiro atoms. The zero-order valence-electron chi connectivity index (χ0n) is 12.3. The number of piperidine rings is 1. The van der Waals surface area contributed by atoms with Crippen molar-refractivity contribution in [2.75, 3.05) is 19.3 Å². The lowest BCUT2D eigenvalue weighted by molar-refractivity contribution is -0.143. The first-order valence-electron chi connectivity index (χ1n) is 7.10. The topological polar surface area (TPSA) is 69.6 Å². The molecule has 2 N–H and O–H groups in total. The van der Waals surface area contributed by atoms with E-state index in [0.717, 1.165) is 4.90 Å². The highest BCUT2D eigenvalue weighted by Crippen LogP contribution is 2.23. The lowest BCUT2D eigenvalue weighted by Gasteiger charge is -2.30. The quantitative estimate of drug-likeness (QED) is 0.834. The summed E-state index contributed by atoms with van der Waals surface area (Å²) in [6, 6.07) is 4.55.